The van der Waals surface area contributed by atoms with Crippen molar-refractivity contribution < 1.29 is 32.0 Å². The van der Waals surface area contributed by atoms with Gasteiger partial charge in [-0.25, -0.2) is 27.9 Å². The summed E-state index contributed by atoms with van der Waals surface area (Å²) in [4.78, 5) is 29.6. The zero-order valence-electron chi connectivity index (χ0n) is 24.6. The third kappa shape index (κ3) is 7.46. The maximum Gasteiger partial charge on any atom is 0.407 e. The molecule has 2 aliphatic heterocycles. The fourth-order valence-corrected chi connectivity index (χ4v) is 5.28. The molecule has 11 nitrogen and oxygen atoms in total. The molecule has 0 radical (unpaired) electrons. The van der Waals surface area contributed by atoms with Gasteiger partial charge in [-0.05, 0) is 51.2 Å². The Labute approximate surface area is 247 Å². The Balaban J connectivity index is 1.20. The Morgan fingerprint density at radius 3 is 2.40 bits per heavy atom. The lowest BCUT2D eigenvalue weighted by atomic mass is 9.93. The minimum absolute atomic E-state index is 0.0571. The third-order valence-electron chi connectivity index (χ3n) is 7.50. The molecule has 43 heavy (non-hydrogen) atoms. The number of hydrogen-bond acceptors (Lipinski definition) is 10. The van der Waals surface area contributed by atoms with Gasteiger partial charge in [0, 0.05) is 44.6 Å². The standard InChI is InChI=1S/C29H36F3N7O4/c1-5-25-36-27(43-37-25)38-8-6-17(7-9-38)16-41-18-12-33-26(34-13-18)39-14-20(19-10-22(31)23(32)11-21(19)30)24(15-39)35-28(40)42-29(2,3)4/h10-13,17,20,24H,5-9,14-16H2,1-4H3,(H,35,40)/t20-,24+/m1/s1. The van der Waals surface area contributed by atoms with Gasteiger partial charge in [0.2, 0.25) is 5.95 Å². The smallest absolute Gasteiger partial charge is 0.407 e. The highest BCUT2D eigenvalue weighted by atomic mass is 19.2. The van der Waals surface area contributed by atoms with Crippen molar-refractivity contribution in [3.8, 4) is 5.75 Å². The van der Waals surface area contributed by atoms with Gasteiger partial charge in [-0.3, -0.25) is 0 Å². The minimum atomic E-state index is -1.28. The molecule has 4 heterocycles. The first-order chi connectivity index (χ1) is 20.5. The number of nitrogens with one attached hydrogen (secondary N) is 1. The Morgan fingerprint density at radius 1 is 1.05 bits per heavy atom. The summed E-state index contributed by atoms with van der Waals surface area (Å²) in [6.07, 6.45) is 4.96. The first-order valence-electron chi connectivity index (χ1n) is 14.4. The van der Waals surface area contributed by atoms with Gasteiger partial charge in [-0.15, -0.1) is 0 Å². The number of carbonyl (C=O) groups excluding carboxylic acids is 1. The van der Waals surface area contributed by atoms with E-state index in [1.807, 2.05) is 6.92 Å². The van der Waals surface area contributed by atoms with Gasteiger partial charge in [0.25, 0.3) is 0 Å². The number of ether oxygens (including phenoxy) is 2. The summed E-state index contributed by atoms with van der Waals surface area (Å²) in [6, 6.07) is 1.22. The number of hydrogen-bond donors (Lipinski definition) is 1. The second-order valence-corrected chi connectivity index (χ2v) is 11.9. The molecule has 3 aromatic rings. The van der Waals surface area contributed by atoms with Crippen LogP contribution < -0.4 is 19.9 Å². The number of amides is 1. The van der Waals surface area contributed by atoms with Gasteiger partial charge in [-0.1, -0.05) is 12.1 Å². The lowest BCUT2D eigenvalue weighted by molar-refractivity contribution is 0.0504. The Kier molecular flexibility index (Phi) is 8.92. The molecule has 2 saturated heterocycles. The molecule has 1 N–H and O–H groups in total. The molecule has 0 aliphatic carbocycles. The van der Waals surface area contributed by atoms with Crippen LogP contribution in [0.1, 0.15) is 57.8 Å². The second-order valence-electron chi connectivity index (χ2n) is 11.9. The van der Waals surface area contributed by atoms with Crippen LogP contribution in [0, 0.1) is 23.4 Å². The molecule has 0 saturated carbocycles. The molecule has 2 aliphatic rings. The average Bonchev–Trinajstić information content (AvgIpc) is 3.61. The zero-order chi connectivity index (χ0) is 30.7. The molecule has 14 heteroatoms. The average molecular weight is 604 g/mol. The number of anilines is 2. The molecular weight excluding hydrogens is 567 g/mol. The Morgan fingerprint density at radius 2 is 1.74 bits per heavy atom. The van der Waals surface area contributed by atoms with Gasteiger partial charge in [0.05, 0.1) is 25.0 Å². The highest BCUT2D eigenvalue weighted by molar-refractivity contribution is 5.68. The van der Waals surface area contributed by atoms with Crippen molar-refractivity contribution in [2.75, 3.05) is 42.6 Å². The van der Waals surface area contributed by atoms with Crippen molar-refractivity contribution in [2.45, 2.75) is 64.5 Å². The van der Waals surface area contributed by atoms with Gasteiger partial charge < -0.3 is 29.1 Å². The van der Waals surface area contributed by atoms with Gasteiger partial charge in [0.1, 0.15) is 11.4 Å². The molecule has 2 aromatic heterocycles. The molecule has 2 atom stereocenters. The van der Waals surface area contributed by atoms with Crippen molar-refractivity contribution in [3.05, 3.63) is 53.4 Å². The summed E-state index contributed by atoms with van der Waals surface area (Å²) >= 11 is 0. The van der Waals surface area contributed by atoms with E-state index in [1.54, 1.807) is 38.1 Å². The zero-order valence-corrected chi connectivity index (χ0v) is 24.6. The fraction of sp³-hybridized carbons (Fsp3) is 0.552. The number of halogens is 3. The van der Waals surface area contributed by atoms with Crippen LogP contribution in [0.3, 0.4) is 0 Å². The molecule has 232 valence electrons. The van der Waals surface area contributed by atoms with E-state index in [0.29, 0.717) is 42.1 Å². The number of aryl methyl sites for hydroxylation is 1. The summed E-state index contributed by atoms with van der Waals surface area (Å²) < 4.78 is 59.2. The van der Waals surface area contributed by atoms with E-state index in [-0.39, 0.29) is 18.7 Å². The molecule has 0 unspecified atom stereocenters. The number of aromatic nitrogens is 4. The summed E-state index contributed by atoms with van der Waals surface area (Å²) in [5.41, 5.74) is -0.813. The van der Waals surface area contributed by atoms with Crippen molar-refractivity contribution >= 4 is 18.1 Å². The molecule has 1 aromatic carbocycles. The SMILES string of the molecule is CCc1noc(N2CCC(COc3cnc(N4C[C@H](NC(=O)OC(C)(C)C)[C@@H](c5cc(F)c(F)cc5F)C4)nc3)CC2)n1. The number of nitrogens with zero attached hydrogens (tertiary/aromatic N) is 6. The van der Waals surface area contributed by atoms with Crippen LogP contribution >= 0.6 is 0 Å². The maximum atomic E-state index is 14.8. The quantitative estimate of drug-likeness (QED) is 0.365. The van der Waals surface area contributed by atoms with E-state index in [0.717, 1.165) is 38.4 Å². The lowest BCUT2D eigenvalue weighted by Gasteiger charge is -2.30. The van der Waals surface area contributed by atoms with Crippen LogP contribution in [0.25, 0.3) is 0 Å². The van der Waals surface area contributed by atoms with E-state index in [1.165, 1.54) is 0 Å². The molecular formula is C29H36F3N7O4. The largest absolute Gasteiger partial charge is 0.490 e. The Bertz CT molecular complexity index is 1410. The summed E-state index contributed by atoms with van der Waals surface area (Å²) in [7, 11) is 0. The van der Waals surface area contributed by atoms with E-state index in [2.05, 4.69) is 30.3 Å². The van der Waals surface area contributed by atoms with E-state index >= 15 is 0 Å². The molecule has 1 amide bonds. The summed E-state index contributed by atoms with van der Waals surface area (Å²) in [6.45, 7) is 9.58. The van der Waals surface area contributed by atoms with E-state index < -0.39 is 41.1 Å². The lowest BCUT2D eigenvalue weighted by Crippen LogP contribution is -2.43. The number of benzene rings is 1. The number of piperidine rings is 1. The fourth-order valence-electron chi connectivity index (χ4n) is 5.28. The van der Waals surface area contributed by atoms with E-state index in [4.69, 9.17) is 14.0 Å². The van der Waals surface area contributed by atoms with Crippen molar-refractivity contribution in [1.82, 2.24) is 25.4 Å². The monoisotopic (exact) mass is 603 g/mol. The maximum absolute atomic E-state index is 14.8. The number of rotatable bonds is 8. The van der Waals surface area contributed by atoms with Crippen molar-refractivity contribution in [3.63, 3.8) is 0 Å². The van der Waals surface area contributed by atoms with Crippen molar-refractivity contribution in [1.29, 1.82) is 0 Å². The molecule has 0 bridgehead atoms. The summed E-state index contributed by atoms with van der Waals surface area (Å²) in [5.74, 6) is -2.21. The second kappa shape index (κ2) is 12.6. The third-order valence-corrected chi connectivity index (χ3v) is 7.50. The first kappa shape index (κ1) is 30.4. The predicted molar refractivity (Wildman–Crippen MR) is 151 cm³/mol. The van der Waals surface area contributed by atoms with Crippen LogP contribution in [-0.4, -0.2) is 70.6 Å². The molecule has 0 spiro atoms. The topological polar surface area (TPSA) is 119 Å². The highest BCUT2D eigenvalue weighted by Crippen LogP contribution is 2.33. The van der Waals surface area contributed by atoms with Crippen LogP contribution in [0.2, 0.25) is 0 Å². The van der Waals surface area contributed by atoms with Gasteiger partial charge in [0.15, 0.2) is 23.2 Å². The number of alkyl carbamates (subject to hydrolysis) is 1. The molecule has 5 rings (SSSR count). The van der Waals surface area contributed by atoms with Gasteiger partial charge >= 0.3 is 12.1 Å². The number of carbonyl (C=O) groups is 1. The van der Waals surface area contributed by atoms with Crippen LogP contribution in [-0.2, 0) is 11.2 Å². The predicted octanol–water partition coefficient (Wildman–Crippen LogP) is 4.63. The van der Waals surface area contributed by atoms with Crippen LogP contribution in [0.4, 0.5) is 29.9 Å². The first-order valence-corrected chi connectivity index (χ1v) is 14.4. The summed E-state index contributed by atoms with van der Waals surface area (Å²) in [5, 5.41) is 6.71. The highest BCUT2D eigenvalue weighted by Gasteiger charge is 2.39. The van der Waals surface area contributed by atoms with Gasteiger partial charge in [-0.2, -0.15) is 4.98 Å². The molecule has 2 fully saturated rings. The minimum Gasteiger partial charge on any atom is -0.490 e. The Hall–Kier alpha value is -4.10. The van der Waals surface area contributed by atoms with E-state index in [9.17, 15) is 18.0 Å². The normalized spacial score (nSPS) is 19.5. The van der Waals surface area contributed by atoms with Crippen LogP contribution in [0.15, 0.2) is 29.0 Å². The van der Waals surface area contributed by atoms with Crippen molar-refractivity contribution in [2.24, 2.45) is 5.92 Å². The van der Waals surface area contributed by atoms with Crippen LogP contribution in [0.5, 0.6) is 5.75 Å².